The van der Waals surface area contributed by atoms with Gasteiger partial charge in [0.15, 0.2) is 0 Å². The van der Waals surface area contributed by atoms with Crippen LogP contribution in [0.4, 0.5) is 5.69 Å². The number of aryl methyl sites for hydroxylation is 2. The molecule has 0 bridgehead atoms. The molecule has 102 valence electrons. The summed E-state index contributed by atoms with van der Waals surface area (Å²) in [5.41, 5.74) is 5.64. The highest BCUT2D eigenvalue weighted by Gasteiger charge is 2.18. The van der Waals surface area contributed by atoms with Crippen molar-refractivity contribution in [3.05, 3.63) is 47.3 Å². The Morgan fingerprint density at radius 2 is 2.00 bits per heavy atom. The van der Waals surface area contributed by atoms with Gasteiger partial charge in [-0.25, -0.2) is 0 Å². The number of hydrogen-bond acceptors (Lipinski definition) is 2. The van der Waals surface area contributed by atoms with Crippen molar-refractivity contribution >= 4 is 5.69 Å². The zero-order valence-corrected chi connectivity index (χ0v) is 12.3. The minimum Gasteiger partial charge on any atom is -0.364 e. The van der Waals surface area contributed by atoms with Crippen LogP contribution in [0.2, 0.25) is 0 Å². The van der Waals surface area contributed by atoms with Crippen LogP contribution in [-0.4, -0.2) is 16.3 Å². The third-order valence-corrected chi connectivity index (χ3v) is 3.56. The van der Waals surface area contributed by atoms with Crippen LogP contribution in [-0.2, 0) is 20.0 Å². The molecule has 0 saturated heterocycles. The van der Waals surface area contributed by atoms with Gasteiger partial charge >= 0.3 is 0 Å². The van der Waals surface area contributed by atoms with E-state index < -0.39 is 0 Å². The zero-order valence-electron chi connectivity index (χ0n) is 12.3. The van der Waals surface area contributed by atoms with E-state index in [1.807, 2.05) is 31.8 Å². The Morgan fingerprint density at radius 1 is 1.21 bits per heavy atom. The molecule has 1 aromatic carbocycles. The lowest BCUT2D eigenvalue weighted by Gasteiger charge is -2.30. The molecular weight excluding hydrogens is 234 g/mol. The number of aromatic nitrogens is 2. The second kappa shape index (κ2) is 5.91. The van der Waals surface area contributed by atoms with E-state index in [0.29, 0.717) is 0 Å². The molecule has 1 aliphatic rings. The van der Waals surface area contributed by atoms with Gasteiger partial charge in [0, 0.05) is 26.3 Å². The van der Waals surface area contributed by atoms with Crippen molar-refractivity contribution in [1.82, 2.24) is 9.78 Å². The van der Waals surface area contributed by atoms with Crippen molar-refractivity contribution in [2.75, 3.05) is 11.4 Å². The molecule has 1 aliphatic heterocycles. The van der Waals surface area contributed by atoms with E-state index in [4.69, 9.17) is 0 Å². The van der Waals surface area contributed by atoms with E-state index in [2.05, 4.69) is 41.3 Å². The Morgan fingerprint density at radius 3 is 2.68 bits per heavy atom. The van der Waals surface area contributed by atoms with E-state index in [0.717, 1.165) is 19.5 Å². The van der Waals surface area contributed by atoms with Crippen LogP contribution in [0.1, 0.15) is 30.5 Å². The SMILES string of the molecule is CC.Cc1cccc2c1CCN(c1cnn(C)c1)C2. The molecule has 0 aliphatic carbocycles. The summed E-state index contributed by atoms with van der Waals surface area (Å²) in [5.74, 6) is 0. The first-order chi connectivity index (χ1) is 9.24. The number of benzene rings is 1. The molecule has 2 aromatic rings. The van der Waals surface area contributed by atoms with E-state index in [-0.39, 0.29) is 0 Å². The molecule has 3 nitrogen and oxygen atoms in total. The van der Waals surface area contributed by atoms with Gasteiger partial charge in [-0.3, -0.25) is 4.68 Å². The predicted octanol–water partition coefficient (Wildman–Crippen LogP) is 3.32. The van der Waals surface area contributed by atoms with Crippen molar-refractivity contribution in [3.63, 3.8) is 0 Å². The lowest BCUT2D eigenvalue weighted by Crippen LogP contribution is -2.30. The molecule has 0 radical (unpaired) electrons. The summed E-state index contributed by atoms with van der Waals surface area (Å²) in [5, 5.41) is 4.24. The fourth-order valence-corrected chi connectivity index (χ4v) is 2.59. The summed E-state index contributed by atoms with van der Waals surface area (Å²) in [7, 11) is 1.96. The maximum absolute atomic E-state index is 4.24. The smallest absolute Gasteiger partial charge is 0.0755 e. The van der Waals surface area contributed by atoms with Gasteiger partial charge in [0.1, 0.15) is 0 Å². The highest BCUT2D eigenvalue weighted by molar-refractivity contribution is 5.48. The minimum absolute atomic E-state index is 1.00. The summed E-state index contributed by atoms with van der Waals surface area (Å²) >= 11 is 0. The van der Waals surface area contributed by atoms with Gasteiger partial charge in [-0.2, -0.15) is 5.10 Å². The first kappa shape index (κ1) is 13.7. The molecular formula is C16H23N3. The Bertz CT molecular complexity index is 543. The Kier molecular flexibility index (Phi) is 4.25. The summed E-state index contributed by atoms with van der Waals surface area (Å²) in [6, 6.07) is 6.60. The van der Waals surface area contributed by atoms with Gasteiger partial charge in [0.2, 0.25) is 0 Å². The van der Waals surface area contributed by atoms with Crippen molar-refractivity contribution in [2.24, 2.45) is 7.05 Å². The quantitative estimate of drug-likeness (QED) is 0.781. The molecule has 2 heterocycles. The number of hydrogen-bond donors (Lipinski definition) is 0. The molecule has 1 aromatic heterocycles. The lowest BCUT2D eigenvalue weighted by atomic mass is 9.95. The molecule has 3 rings (SSSR count). The largest absolute Gasteiger partial charge is 0.364 e. The summed E-state index contributed by atoms with van der Waals surface area (Å²) in [4.78, 5) is 2.40. The number of fused-ring (bicyclic) bond motifs is 1. The van der Waals surface area contributed by atoms with E-state index >= 15 is 0 Å². The van der Waals surface area contributed by atoms with Gasteiger partial charge in [-0.15, -0.1) is 0 Å². The zero-order chi connectivity index (χ0) is 13.8. The highest BCUT2D eigenvalue weighted by atomic mass is 15.3. The number of anilines is 1. The molecule has 0 amide bonds. The molecule has 0 spiro atoms. The fourth-order valence-electron chi connectivity index (χ4n) is 2.59. The molecule has 3 heteroatoms. The van der Waals surface area contributed by atoms with Gasteiger partial charge in [-0.05, 0) is 30.0 Å². The van der Waals surface area contributed by atoms with Crippen LogP contribution in [0.3, 0.4) is 0 Å². The summed E-state index contributed by atoms with van der Waals surface area (Å²) in [6.07, 6.45) is 5.17. The second-order valence-electron chi connectivity index (χ2n) is 4.76. The van der Waals surface area contributed by atoms with E-state index in [1.165, 1.54) is 22.4 Å². The normalized spacial score (nSPS) is 13.6. The first-order valence-corrected chi connectivity index (χ1v) is 7.05. The number of rotatable bonds is 1. The monoisotopic (exact) mass is 257 g/mol. The van der Waals surface area contributed by atoms with Crippen molar-refractivity contribution in [3.8, 4) is 0 Å². The maximum atomic E-state index is 4.24. The standard InChI is InChI=1S/C14H17N3.C2H6/c1-11-4-3-5-12-9-17(7-6-14(11)12)13-8-15-16(2)10-13;1-2/h3-5,8,10H,6-7,9H2,1-2H3;1-2H3. The first-order valence-electron chi connectivity index (χ1n) is 7.05. The third-order valence-electron chi connectivity index (χ3n) is 3.56. The fraction of sp³-hybridized carbons (Fsp3) is 0.438. The molecule has 0 N–H and O–H groups in total. The molecule has 0 unspecified atom stereocenters. The Labute approximate surface area is 115 Å². The van der Waals surface area contributed by atoms with E-state index in [1.54, 1.807) is 0 Å². The number of nitrogens with zero attached hydrogens (tertiary/aromatic N) is 3. The Balaban J connectivity index is 0.000000637. The van der Waals surface area contributed by atoms with Crippen molar-refractivity contribution < 1.29 is 0 Å². The topological polar surface area (TPSA) is 21.1 Å². The summed E-state index contributed by atoms with van der Waals surface area (Å²) in [6.45, 7) is 8.30. The van der Waals surface area contributed by atoms with Crippen LogP contribution in [0, 0.1) is 6.92 Å². The van der Waals surface area contributed by atoms with E-state index in [9.17, 15) is 0 Å². The predicted molar refractivity (Wildman–Crippen MR) is 80.5 cm³/mol. The van der Waals surface area contributed by atoms with Crippen LogP contribution in [0.5, 0.6) is 0 Å². The van der Waals surface area contributed by atoms with Crippen LogP contribution in [0.15, 0.2) is 30.6 Å². The Hall–Kier alpha value is -1.77. The molecule has 0 fully saturated rings. The second-order valence-corrected chi connectivity index (χ2v) is 4.76. The average molecular weight is 257 g/mol. The van der Waals surface area contributed by atoms with Crippen LogP contribution in [0.25, 0.3) is 0 Å². The van der Waals surface area contributed by atoms with Gasteiger partial charge < -0.3 is 4.90 Å². The maximum Gasteiger partial charge on any atom is 0.0755 e. The van der Waals surface area contributed by atoms with Gasteiger partial charge in [0.25, 0.3) is 0 Å². The van der Waals surface area contributed by atoms with Crippen molar-refractivity contribution in [1.29, 1.82) is 0 Å². The lowest BCUT2D eigenvalue weighted by molar-refractivity contribution is 0.725. The average Bonchev–Trinajstić information content (AvgIpc) is 2.88. The third kappa shape index (κ3) is 2.80. The van der Waals surface area contributed by atoms with Gasteiger partial charge in [0.05, 0.1) is 11.9 Å². The molecule has 0 saturated carbocycles. The van der Waals surface area contributed by atoms with Gasteiger partial charge in [-0.1, -0.05) is 32.0 Å². The van der Waals surface area contributed by atoms with Crippen molar-refractivity contribution in [2.45, 2.75) is 33.7 Å². The highest BCUT2D eigenvalue weighted by Crippen LogP contribution is 2.25. The van der Waals surface area contributed by atoms with Crippen LogP contribution < -0.4 is 4.90 Å². The minimum atomic E-state index is 1.00. The van der Waals surface area contributed by atoms with Crippen LogP contribution >= 0.6 is 0 Å². The molecule has 19 heavy (non-hydrogen) atoms. The summed E-state index contributed by atoms with van der Waals surface area (Å²) < 4.78 is 1.86. The molecule has 0 atom stereocenters.